The van der Waals surface area contributed by atoms with Crippen LogP contribution >= 0.6 is 11.6 Å². The first-order chi connectivity index (χ1) is 13.3. The summed E-state index contributed by atoms with van der Waals surface area (Å²) in [6.45, 7) is 0. The maximum atomic E-state index is 6.41. The Kier molecular flexibility index (Phi) is 2.97. The molecule has 0 amide bonds. The largest absolute Gasteiger partial charge is 0.456 e. The van der Waals surface area contributed by atoms with Crippen LogP contribution in [-0.4, -0.2) is 4.57 Å². The molecule has 3 heteroatoms. The minimum absolute atomic E-state index is 0.718. The van der Waals surface area contributed by atoms with E-state index in [2.05, 4.69) is 71.3 Å². The van der Waals surface area contributed by atoms with E-state index in [-0.39, 0.29) is 0 Å². The van der Waals surface area contributed by atoms with E-state index < -0.39 is 0 Å². The van der Waals surface area contributed by atoms with Gasteiger partial charge in [-0.25, -0.2) is 0 Å². The molecular formula is C24H14ClNO. The number of furan rings is 1. The normalized spacial score (nSPS) is 11.9. The molecule has 2 aromatic heterocycles. The average molecular weight is 368 g/mol. The van der Waals surface area contributed by atoms with Gasteiger partial charge in [-0.05, 0) is 36.4 Å². The molecule has 0 fully saturated rings. The van der Waals surface area contributed by atoms with Crippen molar-refractivity contribution in [2.45, 2.75) is 0 Å². The highest BCUT2D eigenvalue weighted by Crippen LogP contribution is 2.37. The van der Waals surface area contributed by atoms with Crippen molar-refractivity contribution in [2.24, 2.45) is 0 Å². The van der Waals surface area contributed by atoms with Crippen LogP contribution in [0.4, 0.5) is 0 Å². The maximum Gasteiger partial charge on any atom is 0.137 e. The Morgan fingerprint density at radius 2 is 1.33 bits per heavy atom. The van der Waals surface area contributed by atoms with E-state index in [1.807, 2.05) is 18.2 Å². The molecule has 0 bridgehead atoms. The van der Waals surface area contributed by atoms with Crippen molar-refractivity contribution in [2.75, 3.05) is 0 Å². The topological polar surface area (TPSA) is 18.1 Å². The fourth-order valence-electron chi connectivity index (χ4n) is 4.11. The van der Waals surface area contributed by atoms with Gasteiger partial charge in [0.2, 0.25) is 0 Å². The molecule has 4 aromatic carbocycles. The summed E-state index contributed by atoms with van der Waals surface area (Å²) < 4.78 is 8.39. The van der Waals surface area contributed by atoms with E-state index in [4.69, 9.17) is 16.0 Å². The Hall–Kier alpha value is -3.23. The molecule has 27 heavy (non-hydrogen) atoms. The molecule has 6 rings (SSSR count). The van der Waals surface area contributed by atoms with Gasteiger partial charge in [0.15, 0.2) is 0 Å². The summed E-state index contributed by atoms with van der Waals surface area (Å²) in [5.74, 6) is 0. The number of hydrogen-bond acceptors (Lipinski definition) is 1. The Balaban J connectivity index is 1.72. The first-order valence-electron chi connectivity index (χ1n) is 8.90. The number of aromatic nitrogens is 1. The lowest BCUT2D eigenvalue weighted by molar-refractivity contribution is 0.668. The summed E-state index contributed by atoms with van der Waals surface area (Å²) in [4.78, 5) is 0. The predicted molar refractivity (Wildman–Crippen MR) is 113 cm³/mol. The van der Waals surface area contributed by atoms with Crippen LogP contribution in [0.3, 0.4) is 0 Å². The fraction of sp³-hybridized carbons (Fsp3) is 0. The summed E-state index contributed by atoms with van der Waals surface area (Å²) in [5, 5.41) is 5.24. The summed E-state index contributed by atoms with van der Waals surface area (Å²) in [6.07, 6.45) is 0. The molecule has 128 valence electrons. The van der Waals surface area contributed by atoms with Crippen LogP contribution in [0.15, 0.2) is 89.3 Å². The molecular weight excluding hydrogens is 354 g/mol. The highest BCUT2D eigenvalue weighted by Gasteiger charge is 2.14. The molecule has 0 saturated carbocycles. The molecule has 0 spiro atoms. The lowest BCUT2D eigenvalue weighted by Gasteiger charge is -2.07. The lowest BCUT2D eigenvalue weighted by atomic mass is 10.1. The third-order valence-electron chi connectivity index (χ3n) is 5.27. The number of hydrogen-bond donors (Lipinski definition) is 0. The predicted octanol–water partition coefficient (Wildman–Crippen LogP) is 7.34. The Labute approximate surface area is 160 Å². The first kappa shape index (κ1) is 14.9. The van der Waals surface area contributed by atoms with E-state index in [1.165, 1.54) is 21.8 Å². The van der Waals surface area contributed by atoms with Crippen LogP contribution in [0.1, 0.15) is 0 Å². The average Bonchev–Trinajstić information content (AvgIpc) is 3.24. The molecule has 0 aliphatic rings. The van der Waals surface area contributed by atoms with Gasteiger partial charge in [0.1, 0.15) is 11.2 Å². The van der Waals surface area contributed by atoms with E-state index in [0.29, 0.717) is 0 Å². The summed E-state index contributed by atoms with van der Waals surface area (Å²) >= 11 is 6.41. The van der Waals surface area contributed by atoms with Gasteiger partial charge in [-0.2, -0.15) is 0 Å². The zero-order chi connectivity index (χ0) is 18.0. The third kappa shape index (κ3) is 2.02. The first-order valence-corrected chi connectivity index (χ1v) is 9.28. The van der Waals surface area contributed by atoms with Crippen LogP contribution < -0.4 is 0 Å². The zero-order valence-corrected chi connectivity index (χ0v) is 15.1. The monoisotopic (exact) mass is 367 g/mol. The van der Waals surface area contributed by atoms with Crippen molar-refractivity contribution in [1.82, 2.24) is 4.57 Å². The van der Waals surface area contributed by atoms with Crippen LogP contribution in [0.2, 0.25) is 5.02 Å². The number of para-hydroxylation sites is 2. The van der Waals surface area contributed by atoms with Crippen LogP contribution in [0, 0.1) is 0 Å². The van der Waals surface area contributed by atoms with Gasteiger partial charge >= 0.3 is 0 Å². The Morgan fingerprint density at radius 3 is 2.07 bits per heavy atom. The molecule has 2 nitrogen and oxygen atoms in total. The number of halogens is 1. The SMILES string of the molecule is Clc1cccc2oc3cc(-n4c5ccccc5c5ccccc54)ccc3c12. The smallest absolute Gasteiger partial charge is 0.137 e. The maximum absolute atomic E-state index is 6.41. The minimum Gasteiger partial charge on any atom is -0.456 e. The Morgan fingerprint density at radius 1 is 0.630 bits per heavy atom. The number of nitrogens with zero attached hydrogens (tertiary/aromatic N) is 1. The Bertz CT molecular complexity index is 1440. The third-order valence-corrected chi connectivity index (χ3v) is 5.58. The van der Waals surface area contributed by atoms with E-state index in [1.54, 1.807) is 0 Å². The van der Waals surface area contributed by atoms with Crippen molar-refractivity contribution in [3.63, 3.8) is 0 Å². The second-order valence-electron chi connectivity index (χ2n) is 6.77. The quantitative estimate of drug-likeness (QED) is 0.297. The van der Waals surface area contributed by atoms with Crippen LogP contribution in [0.5, 0.6) is 0 Å². The van der Waals surface area contributed by atoms with Gasteiger partial charge < -0.3 is 8.98 Å². The molecule has 0 unspecified atom stereocenters. The van der Waals surface area contributed by atoms with Gasteiger partial charge in [0.05, 0.1) is 16.1 Å². The van der Waals surface area contributed by atoms with Crippen molar-refractivity contribution in [3.05, 3.63) is 90.0 Å². The summed E-state index contributed by atoms with van der Waals surface area (Å²) in [5.41, 5.74) is 5.11. The van der Waals surface area contributed by atoms with Gasteiger partial charge in [-0.3, -0.25) is 0 Å². The summed E-state index contributed by atoms with van der Waals surface area (Å²) in [6, 6.07) is 29.1. The molecule has 0 N–H and O–H groups in total. The molecule has 0 saturated heterocycles. The van der Waals surface area contributed by atoms with Gasteiger partial charge in [0.25, 0.3) is 0 Å². The number of benzene rings is 4. The zero-order valence-electron chi connectivity index (χ0n) is 14.3. The molecule has 0 radical (unpaired) electrons. The summed E-state index contributed by atoms with van der Waals surface area (Å²) in [7, 11) is 0. The second kappa shape index (κ2) is 5.38. The molecule has 2 heterocycles. The fourth-order valence-corrected chi connectivity index (χ4v) is 4.38. The van der Waals surface area contributed by atoms with Crippen molar-refractivity contribution < 1.29 is 4.42 Å². The van der Waals surface area contributed by atoms with Gasteiger partial charge in [0, 0.05) is 33.3 Å². The molecule has 6 aromatic rings. The van der Waals surface area contributed by atoms with Crippen molar-refractivity contribution in [1.29, 1.82) is 0 Å². The highest BCUT2D eigenvalue weighted by atomic mass is 35.5. The van der Waals surface area contributed by atoms with Crippen LogP contribution in [0.25, 0.3) is 49.4 Å². The van der Waals surface area contributed by atoms with E-state index in [0.717, 1.165) is 32.6 Å². The molecule has 0 atom stereocenters. The standard InChI is InChI=1S/C24H14ClNO/c25-19-8-5-11-22-24(19)18-13-12-15(14-23(18)27-22)26-20-9-3-1-6-16(20)17-7-2-4-10-21(17)26/h1-14H. The number of fused-ring (bicyclic) bond motifs is 6. The molecule has 0 aliphatic carbocycles. The second-order valence-corrected chi connectivity index (χ2v) is 7.17. The van der Waals surface area contributed by atoms with E-state index >= 15 is 0 Å². The van der Waals surface area contributed by atoms with Crippen molar-refractivity contribution >= 4 is 55.3 Å². The van der Waals surface area contributed by atoms with Crippen molar-refractivity contribution in [3.8, 4) is 5.69 Å². The minimum atomic E-state index is 0.718. The molecule has 0 aliphatic heterocycles. The van der Waals surface area contributed by atoms with Gasteiger partial charge in [-0.1, -0.05) is 54.1 Å². The van der Waals surface area contributed by atoms with E-state index in [9.17, 15) is 0 Å². The number of rotatable bonds is 1. The van der Waals surface area contributed by atoms with Crippen LogP contribution in [-0.2, 0) is 0 Å². The van der Waals surface area contributed by atoms with Gasteiger partial charge in [-0.15, -0.1) is 0 Å². The highest BCUT2D eigenvalue weighted by molar-refractivity contribution is 6.37. The lowest BCUT2D eigenvalue weighted by Crippen LogP contribution is -1.93.